The zero-order chi connectivity index (χ0) is 5.54. The quantitative estimate of drug-likeness (QED) is 0.202. The van der Waals surface area contributed by atoms with E-state index in [9.17, 15) is 4.79 Å². The Bertz CT molecular complexity index is 47.4. The zero-order valence-electron chi connectivity index (χ0n) is 3.59. The topological polar surface area (TPSA) is 35.5 Å². The number of alkyl halides is 1. The lowest BCUT2D eigenvalue weighted by molar-refractivity contribution is -0.254. The lowest BCUT2D eigenvalue weighted by Gasteiger charge is -1.90. The SMILES string of the molecule is O=COOCCBr. The van der Waals surface area contributed by atoms with Crippen LogP contribution in [-0.2, 0) is 14.6 Å². The number of rotatable bonds is 4. The molecule has 0 aliphatic carbocycles. The molecule has 4 heteroatoms. The molecule has 0 atom stereocenters. The highest BCUT2D eigenvalue weighted by Gasteiger charge is 1.78. The predicted molar refractivity (Wildman–Crippen MR) is 26.9 cm³/mol. The van der Waals surface area contributed by atoms with E-state index >= 15 is 0 Å². The van der Waals surface area contributed by atoms with Crippen molar-refractivity contribution >= 4 is 22.4 Å². The number of hydrogen-bond acceptors (Lipinski definition) is 3. The third-order valence-corrected chi connectivity index (χ3v) is 0.592. The van der Waals surface area contributed by atoms with Gasteiger partial charge in [-0.1, -0.05) is 15.9 Å². The third kappa shape index (κ3) is 5.91. The summed E-state index contributed by atoms with van der Waals surface area (Å²) in [5.41, 5.74) is 0. The summed E-state index contributed by atoms with van der Waals surface area (Å²) in [4.78, 5) is 17.4. The number of carbonyl (C=O) groups excluding carboxylic acids is 1. The van der Waals surface area contributed by atoms with Crippen molar-refractivity contribution in [1.29, 1.82) is 0 Å². The number of carbonyl (C=O) groups is 1. The average molecular weight is 169 g/mol. The van der Waals surface area contributed by atoms with E-state index < -0.39 is 0 Å². The van der Waals surface area contributed by atoms with Crippen LogP contribution in [0.1, 0.15) is 0 Å². The molecule has 0 rings (SSSR count). The molecule has 42 valence electrons. The second-order valence-electron chi connectivity index (χ2n) is 0.703. The van der Waals surface area contributed by atoms with Gasteiger partial charge >= 0.3 is 6.47 Å². The Morgan fingerprint density at radius 2 is 2.43 bits per heavy atom. The summed E-state index contributed by atoms with van der Waals surface area (Å²) in [5, 5.41) is 0.668. The van der Waals surface area contributed by atoms with E-state index in [1.54, 1.807) is 0 Å². The summed E-state index contributed by atoms with van der Waals surface area (Å²) in [6, 6.07) is 0. The lowest BCUT2D eigenvalue weighted by Crippen LogP contribution is -1.94. The molecule has 0 bridgehead atoms. The summed E-state index contributed by atoms with van der Waals surface area (Å²) < 4.78 is 0. The zero-order valence-corrected chi connectivity index (χ0v) is 5.18. The van der Waals surface area contributed by atoms with Crippen molar-refractivity contribution in [2.24, 2.45) is 0 Å². The molecule has 3 nitrogen and oxygen atoms in total. The average Bonchev–Trinajstić information content (AvgIpc) is 1.69. The Kier molecular flexibility index (Phi) is 5.83. The summed E-state index contributed by atoms with van der Waals surface area (Å²) in [5.74, 6) is 0. The van der Waals surface area contributed by atoms with Crippen molar-refractivity contribution in [2.45, 2.75) is 0 Å². The predicted octanol–water partition coefficient (Wildman–Crippen LogP) is 0.486. The maximum absolute atomic E-state index is 9.32. The molecule has 0 unspecified atom stereocenters. The van der Waals surface area contributed by atoms with Crippen LogP contribution in [0.15, 0.2) is 0 Å². The minimum atomic E-state index is 0.239. The first-order valence-corrected chi connectivity index (χ1v) is 2.82. The van der Waals surface area contributed by atoms with Gasteiger partial charge < -0.3 is 4.89 Å². The van der Waals surface area contributed by atoms with Gasteiger partial charge in [0.05, 0.1) is 0 Å². The maximum Gasteiger partial charge on any atom is 0.330 e. The number of hydrogen-bond donors (Lipinski definition) is 0. The van der Waals surface area contributed by atoms with Crippen LogP contribution < -0.4 is 0 Å². The molecule has 0 aromatic rings. The molecule has 0 spiro atoms. The maximum atomic E-state index is 9.32. The first-order chi connectivity index (χ1) is 3.41. The molecule has 0 radical (unpaired) electrons. The molecular weight excluding hydrogens is 164 g/mol. The van der Waals surface area contributed by atoms with E-state index in [1.807, 2.05) is 0 Å². The van der Waals surface area contributed by atoms with E-state index in [4.69, 9.17) is 0 Å². The van der Waals surface area contributed by atoms with Gasteiger partial charge in [-0.25, -0.2) is 0 Å². The summed E-state index contributed by atoms with van der Waals surface area (Å²) in [6.07, 6.45) is 0. The minimum Gasteiger partial charge on any atom is -0.302 e. The van der Waals surface area contributed by atoms with Crippen LogP contribution >= 0.6 is 15.9 Å². The second kappa shape index (κ2) is 5.91. The van der Waals surface area contributed by atoms with Gasteiger partial charge in [-0.05, 0) is 0 Å². The molecule has 0 aliphatic heterocycles. The van der Waals surface area contributed by atoms with Gasteiger partial charge in [0.25, 0.3) is 0 Å². The second-order valence-corrected chi connectivity index (χ2v) is 1.50. The summed E-state index contributed by atoms with van der Waals surface area (Å²) >= 11 is 3.06. The van der Waals surface area contributed by atoms with Crippen molar-refractivity contribution in [3.63, 3.8) is 0 Å². The first kappa shape index (κ1) is 6.91. The monoisotopic (exact) mass is 168 g/mol. The summed E-state index contributed by atoms with van der Waals surface area (Å²) in [7, 11) is 0. The fourth-order valence-electron chi connectivity index (χ4n) is 0.107. The van der Waals surface area contributed by atoms with Crippen molar-refractivity contribution in [2.75, 3.05) is 11.9 Å². The van der Waals surface area contributed by atoms with Crippen LogP contribution in [-0.4, -0.2) is 18.4 Å². The van der Waals surface area contributed by atoms with Gasteiger partial charge in [0.1, 0.15) is 6.61 Å². The molecule has 0 aliphatic rings. The smallest absolute Gasteiger partial charge is 0.302 e. The van der Waals surface area contributed by atoms with Crippen molar-refractivity contribution in [3.05, 3.63) is 0 Å². The lowest BCUT2D eigenvalue weighted by atomic mass is 10.9. The van der Waals surface area contributed by atoms with Crippen LogP contribution in [0.25, 0.3) is 0 Å². The van der Waals surface area contributed by atoms with Gasteiger partial charge in [-0.3, -0.25) is 4.79 Å². The minimum absolute atomic E-state index is 0.239. The van der Waals surface area contributed by atoms with Gasteiger partial charge in [-0.15, -0.1) is 0 Å². The fourth-order valence-corrected chi connectivity index (χ4v) is 0.240. The first-order valence-electron chi connectivity index (χ1n) is 1.69. The summed E-state index contributed by atoms with van der Waals surface area (Å²) in [6.45, 7) is 0.626. The Morgan fingerprint density at radius 3 is 2.86 bits per heavy atom. The van der Waals surface area contributed by atoms with Crippen LogP contribution in [0.4, 0.5) is 0 Å². The third-order valence-electron chi connectivity index (χ3n) is 0.268. The van der Waals surface area contributed by atoms with E-state index in [0.29, 0.717) is 11.9 Å². The van der Waals surface area contributed by atoms with E-state index in [2.05, 4.69) is 25.7 Å². The molecule has 0 heterocycles. The highest BCUT2D eigenvalue weighted by atomic mass is 79.9. The van der Waals surface area contributed by atoms with Crippen molar-refractivity contribution in [3.8, 4) is 0 Å². The molecule has 0 fully saturated rings. The van der Waals surface area contributed by atoms with Crippen LogP contribution in [0, 0.1) is 0 Å². The molecule has 0 saturated heterocycles. The Balaban J connectivity index is 2.56. The molecular formula is C3H5BrO3. The fraction of sp³-hybridized carbons (Fsp3) is 0.667. The van der Waals surface area contributed by atoms with Gasteiger partial charge in [0, 0.05) is 5.33 Å². The molecule has 0 saturated carbocycles. The highest BCUT2D eigenvalue weighted by molar-refractivity contribution is 9.09. The largest absolute Gasteiger partial charge is 0.330 e. The van der Waals surface area contributed by atoms with Crippen LogP contribution in [0.2, 0.25) is 0 Å². The van der Waals surface area contributed by atoms with Crippen molar-refractivity contribution < 1.29 is 14.6 Å². The Morgan fingerprint density at radius 1 is 1.71 bits per heavy atom. The molecule has 0 amide bonds. The molecule has 0 N–H and O–H groups in total. The highest BCUT2D eigenvalue weighted by Crippen LogP contribution is 1.79. The van der Waals surface area contributed by atoms with Crippen LogP contribution in [0.5, 0.6) is 0 Å². The molecule has 7 heavy (non-hydrogen) atoms. The number of halogens is 1. The Labute approximate surface area is 49.7 Å². The van der Waals surface area contributed by atoms with E-state index in [0.717, 1.165) is 0 Å². The standard InChI is InChI=1S/C3H5BrO3/c4-1-2-6-7-3-5/h3H,1-2H2. The van der Waals surface area contributed by atoms with E-state index in [-0.39, 0.29) is 6.47 Å². The molecule has 0 aromatic heterocycles. The Hall–Kier alpha value is -0.0900. The van der Waals surface area contributed by atoms with Gasteiger partial charge in [-0.2, -0.15) is 4.89 Å². The van der Waals surface area contributed by atoms with Crippen LogP contribution in [0.3, 0.4) is 0 Å². The van der Waals surface area contributed by atoms with E-state index in [1.165, 1.54) is 0 Å². The normalized spacial score (nSPS) is 8.14. The van der Waals surface area contributed by atoms with Gasteiger partial charge in [0.15, 0.2) is 0 Å². The molecule has 0 aromatic carbocycles. The van der Waals surface area contributed by atoms with Crippen molar-refractivity contribution in [1.82, 2.24) is 0 Å². The van der Waals surface area contributed by atoms with Gasteiger partial charge in [0.2, 0.25) is 0 Å².